The Labute approximate surface area is 181 Å². The molecule has 0 aliphatic carbocycles. The number of benzene rings is 1. The molecule has 0 saturated carbocycles. The normalized spacial score (nSPS) is 16.2. The molecule has 1 aliphatic rings. The maximum absolute atomic E-state index is 12.5. The van der Waals surface area contributed by atoms with E-state index in [-0.39, 0.29) is 18.5 Å². The van der Waals surface area contributed by atoms with Gasteiger partial charge in [-0.05, 0) is 44.9 Å². The molecule has 0 bridgehead atoms. The molecule has 0 radical (unpaired) electrons. The fraction of sp³-hybridized carbons (Fsp3) is 0.667. The van der Waals surface area contributed by atoms with Gasteiger partial charge in [-0.25, -0.2) is 8.42 Å². The Balaban J connectivity index is 1.89. The van der Waals surface area contributed by atoms with Crippen molar-refractivity contribution in [3.63, 3.8) is 0 Å². The number of sulfonamides is 1. The number of guanidine groups is 1. The summed E-state index contributed by atoms with van der Waals surface area (Å²) in [4.78, 5) is 6.88. The summed E-state index contributed by atoms with van der Waals surface area (Å²) in [5, 5.41) is 3.32. The number of piperazine rings is 1. The van der Waals surface area contributed by atoms with Crippen LogP contribution in [0.5, 0.6) is 5.75 Å². The van der Waals surface area contributed by atoms with Crippen molar-refractivity contribution in [2.24, 2.45) is 4.99 Å². The zero-order chi connectivity index (χ0) is 22.0. The summed E-state index contributed by atoms with van der Waals surface area (Å²) in [6.45, 7) is 9.66. The van der Waals surface area contributed by atoms with Crippen molar-refractivity contribution in [1.29, 1.82) is 0 Å². The second-order valence-electron chi connectivity index (χ2n) is 7.46. The van der Waals surface area contributed by atoms with E-state index < -0.39 is 10.0 Å². The largest absolute Gasteiger partial charge is 0.497 e. The van der Waals surface area contributed by atoms with Crippen molar-refractivity contribution in [1.82, 2.24) is 14.5 Å². The maximum atomic E-state index is 12.5. The predicted octanol–water partition coefficient (Wildman–Crippen LogP) is 1.58. The van der Waals surface area contributed by atoms with Gasteiger partial charge in [0.15, 0.2) is 5.96 Å². The molecule has 1 aromatic carbocycles. The van der Waals surface area contributed by atoms with Crippen LogP contribution in [-0.2, 0) is 21.2 Å². The van der Waals surface area contributed by atoms with Gasteiger partial charge in [-0.15, -0.1) is 0 Å². The second kappa shape index (κ2) is 12.1. The fourth-order valence-corrected chi connectivity index (χ4v) is 4.53. The van der Waals surface area contributed by atoms with E-state index in [2.05, 4.69) is 16.3 Å². The van der Waals surface area contributed by atoms with Crippen molar-refractivity contribution in [2.75, 3.05) is 58.7 Å². The minimum Gasteiger partial charge on any atom is -0.497 e. The van der Waals surface area contributed by atoms with Gasteiger partial charge in [0.1, 0.15) is 5.75 Å². The topological polar surface area (TPSA) is 83.5 Å². The zero-order valence-electron chi connectivity index (χ0n) is 18.6. The third kappa shape index (κ3) is 7.77. The summed E-state index contributed by atoms with van der Waals surface area (Å²) in [6.07, 6.45) is 0.851. The first-order chi connectivity index (χ1) is 14.4. The van der Waals surface area contributed by atoms with E-state index in [9.17, 15) is 8.42 Å². The molecular weight excluding hydrogens is 404 g/mol. The summed E-state index contributed by atoms with van der Waals surface area (Å²) in [5.74, 6) is 1.71. The first kappa shape index (κ1) is 24.4. The minimum atomic E-state index is -3.29. The van der Waals surface area contributed by atoms with E-state index in [1.54, 1.807) is 11.4 Å². The quantitative estimate of drug-likeness (QED) is 0.439. The van der Waals surface area contributed by atoms with Gasteiger partial charge in [-0.2, -0.15) is 4.31 Å². The van der Waals surface area contributed by atoms with E-state index in [0.29, 0.717) is 32.7 Å². The van der Waals surface area contributed by atoms with Crippen LogP contribution >= 0.6 is 0 Å². The molecule has 2 rings (SSSR count). The molecule has 0 amide bonds. The third-order valence-corrected chi connectivity index (χ3v) is 6.69. The van der Waals surface area contributed by atoms with Crippen LogP contribution in [0.3, 0.4) is 0 Å². The lowest BCUT2D eigenvalue weighted by molar-refractivity contribution is 0.0904. The maximum Gasteiger partial charge on any atom is 0.216 e. The van der Waals surface area contributed by atoms with E-state index in [0.717, 1.165) is 24.7 Å². The molecule has 1 N–H and O–H groups in total. The molecule has 30 heavy (non-hydrogen) atoms. The molecule has 170 valence electrons. The van der Waals surface area contributed by atoms with E-state index in [4.69, 9.17) is 14.5 Å². The lowest BCUT2D eigenvalue weighted by Gasteiger charge is -2.36. The van der Waals surface area contributed by atoms with Crippen molar-refractivity contribution in [3.8, 4) is 5.75 Å². The lowest BCUT2D eigenvalue weighted by atomic mass is 10.1. The Bertz CT molecular complexity index is 775. The average Bonchev–Trinajstić information content (AvgIpc) is 2.73. The van der Waals surface area contributed by atoms with Crippen molar-refractivity contribution in [2.45, 2.75) is 33.3 Å². The Morgan fingerprint density at radius 3 is 2.60 bits per heavy atom. The summed E-state index contributed by atoms with van der Waals surface area (Å²) in [5.41, 5.74) is 1.17. The van der Waals surface area contributed by atoms with Gasteiger partial charge in [0, 0.05) is 39.3 Å². The van der Waals surface area contributed by atoms with Crippen molar-refractivity contribution < 1.29 is 17.9 Å². The highest BCUT2D eigenvalue weighted by molar-refractivity contribution is 7.89. The van der Waals surface area contributed by atoms with Gasteiger partial charge < -0.3 is 19.7 Å². The fourth-order valence-electron chi connectivity index (χ4n) is 3.24. The highest BCUT2D eigenvalue weighted by Crippen LogP contribution is 2.13. The number of nitrogens with one attached hydrogen (secondary N) is 1. The molecule has 9 heteroatoms. The van der Waals surface area contributed by atoms with Gasteiger partial charge in [-0.3, -0.25) is 4.99 Å². The molecule has 8 nitrogen and oxygen atoms in total. The minimum absolute atomic E-state index is 0.0277. The summed E-state index contributed by atoms with van der Waals surface area (Å²) in [6, 6.07) is 8.00. The summed E-state index contributed by atoms with van der Waals surface area (Å²) < 4.78 is 37.3. The molecule has 1 heterocycles. The molecule has 1 aromatic rings. The average molecular weight is 441 g/mol. The van der Waals surface area contributed by atoms with Crippen molar-refractivity contribution >= 4 is 16.0 Å². The van der Waals surface area contributed by atoms with Gasteiger partial charge in [-0.1, -0.05) is 12.1 Å². The second-order valence-corrected chi connectivity index (χ2v) is 9.55. The number of methoxy groups -OCH3 is 1. The Hall–Kier alpha value is -1.84. The van der Waals surface area contributed by atoms with Crippen molar-refractivity contribution in [3.05, 3.63) is 29.8 Å². The number of nitrogens with zero attached hydrogens (tertiary/aromatic N) is 3. The van der Waals surface area contributed by atoms with E-state index in [1.165, 1.54) is 5.56 Å². The lowest BCUT2D eigenvalue weighted by Crippen LogP contribution is -2.54. The van der Waals surface area contributed by atoms with Crippen LogP contribution in [0.25, 0.3) is 0 Å². The van der Waals surface area contributed by atoms with Gasteiger partial charge >= 0.3 is 0 Å². The highest BCUT2D eigenvalue weighted by Gasteiger charge is 2.27. The van der Waals surface area contributed by atoms with E-state index >= 15 is 0 Å². The highest BCUT2D eigenvalue weighted by atomic mass is 32.2. The SMILES string of the molecule is CCNC(=NCCc1cccc(OC)c1)N1CCN(S(=O)(=O)CCOC(C)C)CC1. The number of aliphatic imine (C=N–C) groups is 1. The number of hydrogen-bond donors (Lipinski definition) is 1. The van der Waals surface area contributed by atoms with Crippen LogP contribution < -0.4 is 10.1 Å². The zero-order valence-corrected chi connectivity index (χ0v) is 19.5. The Kier molecular flexibility index (Phi) is 9.87. The molecule has 0 atom stereocenters. The Morgan fingerprint density at radius 1 is 1.23 bits per heavy atom. The van der Waals surface area contributed by atoms with E-state index in [1.807, 2.05) is 39.0 Å². The van der Waals surface area contributed by atoms with Crippen LogP contribution in [0.2, 0.25) is 0 Å². The van der Waals surface area contributed by atoms with Gasteiger partial charge in [0.2, 0.25) is 10.0 Å². The molecule has 0 spiro atoms. The first-order valence-electron chi connectivity index (χ1n) is 10.6. The van der Waals surface area contributed by atoms with Gasteiger partial charge in [0.05, 0.1) is 25.6 Å². The van der Waals surface area contributed by atoms with Crippen LogP contribution in [0.4, 0.5) is 0 Å². The van der Waals surface area contributed by atoms with Crippen LogP contribution in [0, 0.1) is 0 Å². The molecule has 1 fully saturated rings. The van der Waals surface area contributed by atoms with Gasteiger partial charge in [0.25, 0.3) is 0 Å². The van der Waals surface area contributed by atoms with Crippen LogP contribution in [0.1, 0.15) is 26.3 Å². The summed E-state index contributed by atoms with van der Waals surface area (Å²) in [7, 11) is -1.63. The monoisotopic (exact) mass is 440 g/mol. The van der Waals surface area contributed by atoms with Crippen LogP contribution in [0.15, 0.2) is 29.3 Å². The number of hydrogen-bond acceptors (Lipinski definition) is 5. The molecule has 1 aliphatic heterocycles. The molecule has 1 saturated heterocycles. The van der Waals surface area contributed by atoms with Crippen LogP contribution in [-0.4, -0.2) is 88.4 Å². The predicted molar refractivity (Wildman–Crippen MR) is 121 cm³/mol. The first-order valence-corrected chi connectivity index (χ1v) is 12.2. The molecule has 0 aromatic heterocycles. The third-order valence-electron chi connectivity index (χ3n) is 4.86. The molecule has 0 unspecified atom stereocenters. The standard InChI is InChI=1S/C21H36N4O4S/c1-5-22-21(23-10-9-19-7-6-8-20(17-19)28-4)24-11-13-25(14-12-24)30(26,27)16-15-29-18(2)3/h6-8,17-18H,5,9-16H2,1-4H3,(H,22,23). The number of rotatable bonds is 10. The smallest absolute Gasteiger partial charge is 0.216 e. The summed E-state index contributed by atoms with van der Waals surface area (Å²) >= 11 is 0. The molecular formula is C21H36N4O4S. The number of ether oxygens (including phenoxy) is 2. The Morgan fingerprint density at radius 2 is 1.97 bits per heavy atom.